The summed E-state index contributed by atoms with van der Waals surface area (Å²) in [6.45, 7) is 4.41. The minimum Gasteiger partial charge on any atom is -0.486 e. The number of Topliss-reactive ketones (excluding diaryl/α,β-unsaturated/α-hetero) is 1. The fourth-order valence-electron chi connectivity index (χ4n) is 2.48. The first-order chi connectivity index (χ1) is 11.6. The minimum absolute atomic E-state index is 0.286. The average Bonchev–Trinajstić information content (AvgIpc) is 2.61. The van der Waals surface area contributed by atoms with Gasteiger partial charge in [-0.3, -0.25) is 4.79 Å². The Labute approximate surface area is 140 Å². The molecule has 0 bridgehead atoms. The minimum atomic E-state index is -0.498. The van der Waals surface area contributed by atoms with Crippen LogP contribution in [-0.2, 0) is 4.74 Å². The Morgan fingerprint density at radius 1 is 1.04 bits per heavy atom. The van der Waals surface area contributed by atoms with Crippen molar-refractivity contribution in [1.82, 2.24) is 0 Å². The van der Waals surface area contributed by atoms with Gasteiger partial charge in [-0.2, -0.15) is 0 Å². The van der Waals surface area contributed by atoms with Gasteiger partial charge in [-0.05, 0) is 49.2 Å². The molecule has 0 saturated heterocycles. The molecule has 0 saturated carbocycles. The molecule has 1 heterocycles. The van der Waals surface area contributed by atoms with Crippen LogP contribution in [0.25, 0.3) is 0 Å². The highest BCUT2D eigenvalue weighted by Crippen LogP contribution is 2.30. The van der Waals surface area contributed by atoms with E-state index in [1.165, 1.54) is 0 Å². The molecule has 3 rings (SSSR count). The van der Waals surface area contributed by atoms with E-state index in [0.717, 1.165) is 11.1 Å². The second kappa shape index (κ2) is 6.74. The van der Waals surface area contributed by atoms with Crippen molar-refractivity contribution in [2.75, 3.05) is 19.8 Å². The third kappa shape index (κ3) is 3.25. The third-order valence-corrected chi connectivity index (χ3v) is 4.02. The van der Waals surface area contributed by atoms with Crippen LogP contribution in [0.2, 0.25) is 0 Å². The Bertz CT molecular complexity index is 794. The molecule has 2 aromatic rings. The van der Waals surface area contributed by atoms with Gasteiger partial charge in [0, 0.05) is 5.56 Å². The summed E-state index contributed by atoms with van der Waals surface area (Å²) in [7, 11) is 0. The molecule has 0 unspecified atom stereocenters. The number of hydrogen-bond acceptors (Lipinski definition) is 5. The van der Waals surface area contributed by atoms with Gasteiger partial charge in [0.15, 0.2) is 23.9 Å². The summed E-state index contributed by atoms with van der Waals surface area (Å²) in [4.78, 5) is 24.4. The van der Waals surface area contributed by atoms with Crippen molar-refractivity contribution < 1.29 is 23.8 Å². The lowest BCUT2D eigenvalue weighted by atomic mass is 10.0. The molecule has 1 aliphatic rings. The molecule has 124 valence electrons. The van der Waals surface area contributed by atoms with Gasteiger partial charge in [0.1, 0.15) is 13.2 Å². The van der Waals surface area contributed by atoms with E-state index in [1.54, 1.807) is 30.3 Å². The van der Waals surface area contributed by atoms with Crippen LogP contribution in [0.3, 0.4) is 0 Å². The zero-order valence-corrected chi connectivity index (χ0v) is 13.6. The van der Waals surface area contributed by atoms with Crippen LogP contribution in [0.5, 0.6) is 11.5 Å². The normalized spacial score (nSPS) is 12.6. The van der Waals surface area contributed by atoms with Crippen LogP contribution in [0, 0.1) is 13.8 Å². The van der Waals surface area contributed by atoms with E-state index in [0.29, 0.717) is 35.8 Å². The number of benzene rings is 2. The Hall–Kier alpha value is -2.82. The molecule has 1 aliphatic heterocycles. The van der Waals surface area contributed by atoms with E-state index >= 15 is 0 Å². The van der Waals surface area contributed by atoms with Gasteiger partial charge < -0.3 is 14.2 Å². The molecule has 5 heteroatoms. The van der Waals surface area contributed by atoms with Crippen molar-refractivity contribution in [3.05, 3.63) is 58.7 Å². The average molecular weight is 326 g/mol. The van der Waals surface area contributed by atoms with E-state index < -0.39 is 5.97 Å². The van der Waals surface area contributed by atoms with Crippen LogP contribution in [0.1, 0.15) is 31.8 Å². The number of carbonyl (C=O) groups is 2. The van der Waals surface area contributed by atoms with Gasteiger partial charge in [-0.15, -0.1) is 0 Å². The maximum absolute atomic E-state index is 12.2. The standard InChI is InChI=1S/C19H18O5/c1-12-4-3-5-15(13(12)2)19(21)24-11-16(20)14-6-7-17-18(10-14)23-9-8-22-17/h3-7,10H,8-9,11H2,1-2H3. The van der Waals surface area contributed by atoms with Gasteiger partial charge in [-0.1, -0.05) is 12.1 Å². The van der Waals surface area contributed by atoms with Crippen molar-refractivity contribution in [2.45, 2.75) is 13.8 Å². The second-order valence-electron chi connectivity index (χ2n) is 5.61. The van der Waals surface area contributed by atoms with Crippen LogP contribution in [0.15, 0.2) is 36.4 Å². The first kappa shape index (κ1) is 16.1. The molecule has 0 aromatic heterocycles. The largest absolute Gasteiger partial charge is 0.486 e. The maximum Gasteiger partial charge on any atom is 0.338 e. The molecule has 0 spiro atoms. The topological polar surface area (TPSA) is 61.8 Å². The lowest BCUT2D eigenvalue weighted by Gasteiger charge is -2.18. The van der Waals surface area contributed by atoms with Gasteiger partial charge in [0.25, 0.3) is 0 Å². The number of ether oxygens (including phenoxy) is 3. The SMILES string of the molecule is Cc1cccc(C(=O)OCC(=O)c2ccc3c(c2)OCCO3)c1C. The Kier molecular flexibility index (Phi) is 4.51. The van der Waals surface area contributed by atoms with Crippen LogP contribution in [0.4, 0.5) is 0 Å². The van der Waals surface area contributed by atoms with Gasteiger partial charge >= 0.3 is 5.97 Å². The van der Waals surface area contributed by atoms with Crippen molar-refractivity contribution in [3.8, 4) is 11.5 Å². The second-order valence-corrected chi connectivity index (χ2v) is 5.61. The Morgan fingerprint density at radius 2 is 1.79 bits per heavy atom. The summed E-state index contributed by atoms with van der Waals surface area (Å²) < 4.78 is 16.0. The highest BCUT2D eigenvalue weighted by molar-refractivity contribution is 6.00. The first-order valence-electron chi connectivity index (χ1n) is 7.72. The molecular weight excluding hydrogens is 308 g/mol. The third-order valence-electron chi connectivity index (χ3n) is 4.02. The fraction of sp³-hybridized carbons (Fsp3) is 0.263. The molecule has 0 atom stereocenters. The Balaban J connectivity index is 1.67. The highest BCUT2D eigenvalue weighted by Gasteiger charge is 2.17. The van der Waals surface area contributed by atoms with E-state index in [9.17, 15) is 9.59 Å². The Morgan fingerprint density at radius 3 is 2.58 bits per heavy atom. The zero-order chi connectivity index (χ0) is 17.1. The monoisotopic (exact) mass is 326 g/mol. The first-order valence-corrected chi connectivity index (χ1v) is 7.72. The fourth-order valence-corrected chi connectivity index (χ4v) is 2.48. The van der Waals surface area contributed by atoms with Gasteiger partial charge in [0.2, 0.25) is 0 Å². The lowest BCUT2D eigenvalue weighted by Crippen LogP contribution is -2.17. The molecule has 0 fully saturated rings. The number of carbonyl (C=O) groups excluding carboxylic acids is 2. The molecule has 0 amide bonds. The summed E-state index contributed by atoms with van der Waals surface area (Å²) in [6, 6.07) is 10.4. The van der Waals surface area contributed by atoms with Crippen molar-refractivity contribution >= 4 is 11.8 Å². The van der Waals surface area contributed by atoms with E-state index in [2.05, 4.69) is 0 Å². The van der Waals surface area contributed by atoms with E-state index in [1.807, 2.05) is 19.9 Å². The predicted molar refractivity (Wildman–Crippen MR) is 88.0 cm³/mol. The quantitative estimate of drug-likeness (QED) is 0.638. The molecule has 0 radical (unpaired) electrons. The smallest absolute Gasteiger partial charge is 0.338 e. The molecule has 24 heavy (non-hydrogen) atoms. The number of ketones is 1. The molecule has 0 N–H and O–H groups in total. The van der Waals surface area contributed by atoms with Crippen LogP contribution in [-0.4, -0.2) is 31.6 Å². The molecule has 5 nitrogen and oxygen atoms in total. The van der Waals surface area contributed by atoms with Gasteiger partial charge in [-0.25, -0.2) is 4.79 Å². The van der Waals surface area contributed by atoms with Crippen molar-refractivity contribution in [3.63, 3.8) is 0 Å². The summed E-state index contributed by atoms with van der Waals surface area (Å²) in [5, 5.41) is 0. The maximum atomic E-state index is 12.2. The summed E-state index contributed by atoms with van der Waals surface area (Å²) in [5.41, 5.74) is 2.76. The zero-order valence-electron chi connectivity index (χ0n) is 13.6. The molecule has 0 aliphatic carbocycles. The number of rotatable bonds is 4. The van der Waals surface area contributed by atoms with E-state index in [-0.39, 0.29) is 12.4 Å². The number of esters is 1. The predicted octanol–water partition coefficient (Wildman–Crippen LogP) is 3.11. The van der Waals surface area contributed by atoms with Crippen molar-refractivity contribution in [1.29, 1.82) is 0 Å². The summed E-state index contributed by atoms with van der Waals surface area (Å²) in [6.07, 6.45) is 0. The van der Waals surface area contributed by atoms with Crippen LogP contribution >= 0.6 is 0 Å². The number of hydrogen-bond donors (Lipinski definition) is 0. The lowest BCUT2D eigenvalue weighted by molar-refractivity contribution is 0.0473. The molecular formula is C19H18O5. The van der Waals surface area contributed by atoms with Gasteiger partial charge in [0.05, 0.1) is 5.56 Å². The van der Waals surface area contributed by atoms with Crippen molar-refractivity contribution in [2.24, 2.45) is 0 Å². The summed E-state index contributed by atoms with van der Waals surface area (Å²) >= 11 is 0. The number of fused-ring (bicyclic) bond motifs is 1. The molecule has 2 aromatic carbocycles. The highest BCUT2D eigenvalue weighted by atomic mass is 16.6. The van der Waals surface area contributed by atoms with E-state index in [4.69, 9.17) is 14.2 Å². The number of aryl methyl sites for hydroxylation is 1. The summed E-state index contributed by atoms with van der Waals surface area (Å²) in [5.74, 6) is 0.367. The van der Waals surface area contributed by atoms with Crippen LogP contribution < -0.4 is 9.47 Å².